The highest BCUT2D eigenvalue weighted by Crippen LogP contribution is 2.26. The molecule has 0 aliphatic carbocycles. The summed E-state index contributed by atoms with van der Waals surface area (Å²) in [6.07, 6.45) is 0. The minimum absolute atomic E-state index is 0.0154. The van der Waals surface area contributed by atoms with Crippen LogP contribution in [-0.2, 0) is 4.79 Å². The van der Waals surface area contributed by atoms with Crippen LogP contribution >= 0.6 is 27.5 Å². The van der Waals surface area contributed by atoms with Crippen LogP contribution in [0.3, 0.4) is 0 Å². The Morgan fingerprint density at radius 1 is 1.54 bits per heavy atom. The molecule has 0 aliphatic rings. The number of benzene rings is 1. The number of amides is 1. The van der Waals surface area contributed by atoms with E-state index in [4.69, 9.17) is 11.6 Å². The summed E-state index contributed by atoms with van der Waals surface area (Å²) in [5, 5.41) is 0.602. The first-order chi connectivity index (χ1) is 6.02. The van der Waals surface area contributed by atoms with Crippen LogP contribution in [0.15, 0.2) is 22.7 Å². The zero-order chi connectivity index (χ0) is 10.0. The topological polar surface area (TPSA) is 20.3 Å². The van der Waals surface area contributed by atoms with Gasteiger partial charge in [0.15, 0.2) is 0 Å². The van der Waals surface area contributed by atoms with Gasteiger partial charge in [-0.05, 0) is 34.1 Å². The van der Waals surface area contributed by atoms with Crippen molar-refractivity contribution in [2.24, 2.45) is 0 Å². The molecule has 0 radical (unpaired) electrons. The highest BCUT2D eigenvalue weighted by atomic mass is 79.9. The maximum Gasteiger partial charge on any atom is 0.223 e. The number of hydrogen-bond donors (Lipinski definition) is 0. The van der Waals surface area contributed by atoms with E-state index in [0.29, 0.717) is 5.02 Å². The van der Waals surface area contributed by atoms with Gasteiger partial charge in [-0.25, -0.2) is 0 Å². The van der Waals surface area contributed by atoms with E-state index in [1.807, 2.05) is 12.1 Å². The molecule has 1 aromatic carbocycles. The molecule has 0 saturated heterocycles. The summed E-state index contributed by atoms with van der Waals surface area (Å²) in [4.78, 5) is 12.6. The summed E-state index contributed by atoms with van der Waals surface area (Å²) >= 11 is 9.16. The fourth-order valence-electron chi connectivity index (χ4n) is 0.875. The normalized spacial score (nSPS) is 9.85. The van der Waals surface area contributed by atoms with E-state index in [1.165, 1.54) is 6.92 Å². The zero-order valence-corrected chi connectivity index (χ0v) is 9.69. The first-order valence-corrected chi connectivity index (χ1v) is 4.89. The average Bonchev–Trinajstić information content (AvgIpc) is 2.08. The number of halogens is 2. The molecule has 4 heteroatoms. The summed E-state index contributed by atoms with van der Waals surface area (Å²) in [5.74, 6) is -0.0154. The molecule has 0 heterocycles. The smallest absolute Gasteiger partial charge is 0.223 e. The maximum absolute atomic E-state index is 11.0. The average molecular weight is 263 g/mol. The highest BCUT2D eigenvalue weighted by Gasteiger charge is 2.06. The minimum Gasteiger partial charge on any atom is -0.316 e. The van der Waals surface area contributed by atoms with Crippen LogP contribution in [0, 0.1) is 0 Å². The van der Waals surface area contributed by atoms with Gasteiger partial charge in [-0.3, -0.25) is 4.79 Å². The molecule has 1 aromatic rings. The molecule has 2 nitrogen and oxygen atoms in total. The van der Waals surface area contributed by atoms with Crippen molar-refractivity contribution in [3.8, 4) is 0 Å². The Bertz CT molecular complexity index is 340. The monoisotopic (exact) mass is 261 g/mol. The Kier molecular flexibility index (Phi) is 3.33. The molecule has 0 fully saturated rings. The summed E-state index contributed by atoms with van der Waals surface area (Å²) in [6.45, 7) is 1.51. The molecule has 70 valence electrons. The lowest BCUT2D eigenvalue weighted by atomic mass is 10.3. The van der Waals surface area contributed by atoms with Crippen LogP contribution in [0.5, 0.6) is 0 Å². The van der Waals surface area contributed by atoms with Crippen molar-refractivity contribution >= 4 is 39.1 Å². The van der Waals surface area contributed by atoms with Gasteiger partial charge in [-0.15, -0.1) is 0 Å². The molecule has 0 N–H and O–H groups in total. The molecule has 0 saturated carbocycles. The van der Waals surface area contributed by atoms with Gasteiger partial charge in [-0.1, -0.05) is 11.6 Å². The van der Waals surface area contributed by atoms with Crippen LogP contribution < -0.4 is 4.90 Å². The molecule has 0 unspecified atom stereocenters. The summed E-state index contributed by atoms with van der Waals surface area (Å²) in [5.41, 5.74) is 0.792. The molecule has 0 spiro atoms. The summed E-state index contributed by atoms with van der Waals surface area (Å²) in [7, 11) is 1.71. The molecule has 0 atom stereocenters. The maximum atomic E-state index is 11.0. The lowest BCUT2D eigenvalue weighted by molar-refractivity contribution is -0.116. The third-order valence-corrected chi connectivity index (χ3v) is 3.00. The largest absolute Gasteiger partial charge is 0.316 e. The van der Waals surface area contributed by atoms with Crippen molar-refractivity contribution in [3.05, 3.63) is 27.7 Å². The third kappa shape index (κ3) is 2.45. The Labute approximate surface area is 90.6 Å². The van der Waals surface area contributed by atoms with E-state index in [-0.39, 0.29) is 5.91 Å². The van der Waals surface area contributed by atoms with Crippen molar-refractivity contribution < 1.29 is 4.79 Å². The van der Waals surface area contributed by atoms with E-state index in [2.05, 4.69) is 15.9 Å². The second-order valence-electron chi connectivity index (χ2n) is 2.68. The van der Waals surface area contributed by atoms with Crippen molar-refractivity contribution in [1.29, 1.82) is 0 Å². The van der Waals surface area contributed by atoms with Crippen LogP contribution in [0.2, 0.25) is 5.02 Å². The fraction of sp³-hybridized carbons (Fsp3) is 0.222. The summed E-state index contributed by atoms with van der Waals surface area (Å²) in [6, 6.07) is 5.39. The SMILES string of the molecule is CC(=O)N(C)c1ccc(Br)c(Cl)c1. The Morgan fingerprint density at radius 3 is 2.62 bits per heavy atom. The van der Waals surface area contributed by atoms with Gasteiger partial charge in [0.1, 0.15) is 0 Å². The first kappa shape index (κ1) is 10.5. The van der Waals surface area contributed by atoms with E-state index in [9.17, 15) is 4.79 Å². The van der Waals surface area contributed by atoms with E-state index in [1.54, 1.807) is 18.0 Å². The number of carbonyl (C=O) groups is 1. The molecular formula is C9H9BrClNO. The molecule has 0 aromatic heterocycles. The van der Waals surface area contributed by atoms with Crippen molar-refractivity contribution in [2.75, 3.05) is 11.9 Å². The minimum atomic E-state index is -0.0154. The quantitative estimate of drug-likeness (QED) is 0.762. The predicted molar refractivity (Wildman–Crippen MR) is 58.2 cm³/mol. The number of carbonyl (C=O) groups excluding carboxylic acids is 1. The molecule has 1 amide bonds. The molecule has 0 bridgehead atoms. The lowest BCUT2D eigenvalue weighted by Crippen LogP contribution is -2.22. The lowest BCUT2D eigenvalue weighted by Gasteiger charge is -2.15. The first-order valence-electron chi connectivity index (χ1n) is 3.71. The van der Waals surface area contributed by atoms with Crippen molar-refractivity contribution in [2.45, 2.75) is 6.92 Å². The molecule has 13 heavy (non-hydrogen) atoms. The second-order valence-corrected chi connectivity index (χ2v) is 3.94. The zero-order valence-electron chi connectivity index (χ0n) is 7.34. The van der Waals surface area contributed by atoms with Crippen molar-refractivity contribution in [3.63, 3.8) is 0 Å². The van der Waals surface area contributed by atoms with Crippen LogP contribution in [0.25, 0.3) is 0 Å². The second kappa shape index (κ2) is 4.11. The van der Waals surface area contributed by atoms with E-state index >= 15 is 0 Å². The number of hydrogen-bond acceptors (Lipinski definition) is 1. The van der Waals surface area contributed by atoms with Crippen LogP contribution in [0.4, 0.5) is 5.69 Å². The predicted octanol–water partition coefficient (Wildman–Crippen LogP) is 3.09. The highest BCUT2D eigenvalue weighted by molar-refractivity contribution is 9.10. The van der Waals surface area contributed by atoms with Gasteiger partial charge in [0, 0.05) is 24.1 Å². The van der Waals surface area contributed by atoms with E-state index < -0.39 is 0 Å². The molecule has 0 aliphatic heterocycles. The van der Waals surface area contributed by atoms with Gasteiger partial charge in [-0.2, -0.15) is 0 Å². The Balaban J connectivity index is 3.03. The third-order valence-electron chi connectivity index (χ3n) is 1.76. The molecule has 1 rings (SSSR count). The number of nitrogens with zero attached hydrogens (tertiary/aromatic N) is 1. The number of rotatable bonds is 1. The Hall–Kier alpha value is -0.540. The van der Waals surface area contributed by atoms with E-state index in [0.717, 1.165) is 10.2 Å². The van der Waals surface area contributed by atoms with Gasteiger partial charge < -0.3 is 4.90 Å². The van der Waals surface area contributed by atoms with Crippen molar-refractivity contribution in [1.82, 2.24) is 0 Å². The van der Waals surface area contributed by atoms with Gasteiger partial charge in [0.25, 0.3) is 0 Å². The van der Waals surface area contributed by atoms with Crippen LogP contribution in [0.1, 0.15) is 6.92 Å². The summed E-state index contributed by atoms with van der Waals surface area (Å²) < 4.78 is 0.829. The molecular weight excluding hydrogens is 253 g/mol. The van der Waals surface area contributed by atoms with Crippen LogP contribution in [-0.4, -0.2) is 13.0 Å². The number of anilines is 1. The Morgan fingerprint density at radius 2 is 2.15 bits per heavy atom. The van der Waals surface area contributed by atoms with Gasteiger partial charge >= 0.3 is 0 Å². The fourth-order valence-corrected chi connectivity index (χ4v) is 1.30. The van der Waals surface area contributed by atoms with Gasteiger partial charge in [0.05, 0.1) is 5.02 Å². The van der Waals surface area contributed by atoms with Gasteiger partial charge in [0.2, 0.25) is 5.91 Å². The standard InChI is InChI=1S/C9H9BrClNO/c1-6(13)12(2)7-3-4-8(10)9(11)5-7/h3-5H,1-2H3.